The molecular formula is C26H28FN7O3. The second-order valence-corrected chi connectivity index (χ2v) is 9.07. The van der Waals surface area contributed by atoms with Gasteiger partial charge in [0.25, 0.3) is 5.91 Å². The van der Waals surface area contributed by atoms with Gasteiger partial charge in [-0.2, -0.15) is 5.10 Å². The minimum Gasteiger partial charge on any atom is -0.392 e. The number of benzene rings is 1. The van der Waals surface area contributed by atoms with Crippen molar-refractivity contribution in [1.82, 2.24) is 29.2 Å². The number of nitrogens with one attached hydrogen (secondary N) is 1. The van der Waals surface area contributed by atoms with E-state index in [2.05, 4.69) is 15.4 Å². The number of aliphatic hydroxyl groups is 1. The Morgan fingerprint density at radius 1 is 1.24 bits per heavy atom. The number of nitrogens with zero attached hydrogens (tertiary/aromatic N) is 6. The normalized spacial score (nSPS) is 15.2. The van der Waals surface area contributed by atoms with Crippen LogP contribution in [0.25, 0.3) is 11.3 Å². The highest BCUT2D eigenvalue weighted by Crippen LogP contribution is 2.30. The monoisotopic (exact) mass is 505 g/mol. The van der Waals surface area contributed by atoms with Gasteiger partial charge in [-0.1, -0.05) is 6.07 Å². The smallest absolute Gasteiger partial charge is 0.271 e. The number of methoxy groups -OCH3 is 1. The molecule has 1 aliphatic rings. The van der Waals surface area contributed by atoms with Gasteiger partial charge >= 0.3 is 0 Å². The van der Waals surface area contributed by atoms with Gasteiger partial charge in [0.2, 0.25) is 5.95 Å². The highest BCUT2D eigenvalue weighted by Gasteiger charge is 2.34. The summed E-state index contributed by atoms with van der Waals surface area (Å²) in [5.41, 5.74) is 4.01. The van der Waals surface area contributed by atoms with Crippen LogP contribution in [0, 0.1) is 12.7 Å². The van der Waals surface area contributed by atoms with Crippen LogP contribution in [-0.2, 0) is 31.5 Å². The number of halogens is 1. The van der Waals surface area contributed by atoms with Crippen molar-refractivity contribution in [3.05, 3.63) is 77.1 Å². The SMILES string of the molecule is COC[C@H]1Cn2cc(-c3nc(Nc4ccnn4C)ncc3C)cc2C(=O)N1Cc1cc(F)ccc1CO. The van der Waals surface area contributed by atoms with E-state index in [9.17, 15) is 14.3 Å². The summed E-state index contributed by atoms with van der Waals surface area (Å²) < 4.78 is 23.0. The zero-order valence-electron chi connectivity index (χ0n) is 20.8. The van der Waals surface area contributed by atoms with Crippen LogP contribution in [0.15, 0.2) is 48.9 Å². The Labute approximate surface area is 213 Å². The average molecular weight is 506 g/mol. The van der Waals surface area contributed by atoms with Crippen molar-refractivity contribution in [3.8, 4) is 11.3 Å². The molecule has 0 unspecified atom stereocenters. The Balaban J connectivity index is 1.47. The summed E-state index contributed by atoms with van der Waals surface area (Å²) in [6.45, 7) is 2.65. The number of hydrogen-bond acceptors (Lipinski definition) is 7. The van der Waals surface area contributed by atoms with Gasteiger partial charge in [0.05, 0.1) is 31.1 Å². The Morgan fingerprint density at radius 2 is 2.08 bits per heavy atom. The molecule has 11 heteroatoms. The molecule has 0 bridgehead atoms. The van der Waals surface area contributed by atoms with Crippen molar-refractivity contribution in [2.75, 3.05) is 19.0 Å². The van der Waals surface area contributed by atoms with E-state index >= 15 is 0 Å². The van der Waals surface area contributed by atoms with E-state index in [-0.39, 0.29) is 25.1 Å². The summed E-state index contributed by atoms with van der Waals surface area (Å²) in [6, 6.07) is 7.58. The first-order chi connectivity index (χ1) is 17.9. The first-order valence-electron chi connectivity index (χ1n) is 11.8. The Bertz CT molecular complexity index is 1450. The molecule has 1 aliphatic heterocycles. The van der Waals surface area contributed by atoms with Crippen LogP contribution in [0.4, 0.5) is 16.2 Å². The highest BCUT2D eigenvalue weighted by molar-refractivity contribution is 5.95. The molecule has 0 aliphatic carbocycles. The molecule has 1 amide bonds. The predicted molar refractivity (Wildman–Crippen MR) is 135 cm³/mol. The maximum atomic E-state index is 14.0. The fraction of sp³-hybridized carbons (Fsp3) is 0.308. The fourth-order valence-electron chi connectivity index (χ4n) is 4.63. The number of ether oxygens (including phenoxy) is 1. The zero-order valence-corrected chi connectivity index (χ0v) is 20.8. The molecule has 0 saturated carbocycles. The Kier molecular flexibility index (Phi) is 6.72. The van der Waals surface area contributed by atoms with E-state index in [1.807, 2.05) is 36.9 Å². The fourth-order valence-corrected chi connectivity index (χ4v) is 4.63. The number of anilines is 2. The number of aryl methyl sites for hydroxylation is 2. The first-order valence-corrected chi connectivity index (χ1v) is 11.8. The molecule has 3 aromatic heterocycles. The molecule has 4 aromatic rings. The minimum atomic E-state index is -0.416. The first kappa shape index (κ1) is 24.6. The van der Waals surface area contributed by atoms with Gasteiger partial charge < -0.3 is 24.6 Å². The molecular weight excluding hydrogens is 477 g/mol. The van der Waals surface area contributed by atoms with Gasteiger partial charge in [0.1, 0.15) is 17.3 Å². The van der Waals surface area contributed by atoms with Crippen LogP contribution < -0.4 is 5.32 Å². The maximum Gasteiger partial charge on any atom is 0.271 e. The van der Waals surface area contributed by atoms with Crippen molar-refractivity contribution < 1.29 is 19.0 Å². The summed E-state index contributed by atoms with van der Waals surface area (Å²) in [6.07, 6.45) is 5.33. The summed E-state index contributed by atoms with van der Waals surface area (Å²) >= 11 is 0. The molecule has 2 N–H and O–H groups in total. The molecule has 0 saturated heterocycles. The number of hydrogen-bond donors (Lipinski definition) is 2. The largest absolute Gasteiger partial charge is 0.392 e. The minimum absolute atomic E-state index is 0.159. The van der Waals surface area contributed by atoms with Crippen LogP contribution in [-0.4, -0.2) is 60.0 Å². The molecule has 4 heterocycles. The molecule has 37 heavy (non-hydrogen) atoms. The predicted octanol–water partition coefficient (Wildman–Crippen LogP) is 3.03. The number of fused-ring (bicyclic) bond motifs is 1. The molecule has 192 valence electrons. The van der Waals surface area contributed by atoms with E-state index in [1.165, 1.54) is 12.1 Å². The third-order valence-electron chi connectivity index (χ3n) is 6.57. The van der Waals surface area contributed by atoms with E-state index in [0.29, 0.717) is 41.6 Å². The van der Waals surface area contributed by atoms with Crippen molar-refractivity contribution in [2.45, 2.75) is 32.7 Å². The molecule has 1 atom stereocenters. The van der Waals surface area contributed by atoms with Gasteiger partial charge in [0, 0.05) is 51.3 Å². The second-order valence-electron chi connectivity index (χ2n) is 9.07. The lowest BCUT2D eigenvalue weighted by molar-refractivity contribution is 0.0386. The summed E-state index contributed by atoms with van der Waals surface area (Å²) in [5.74, 6) is 0.549. The maximum absolute atomic E-state index is 14.0. The zero-order chi connectivity index (χ0) is 26.1. The van der Waals surface area contributed by atoms with Crippen LogP contribution in [0.3, 0.4) is 0 Å². The topological polar surface area (TPSA) is 110 Å². The standard InChI is InChI=1S/C26H28FN7O3/c1-16-10-28-26(30-23-6-7-29-32(23)2)31-24(16)19-9-22-25(36)34(21(15-37-3)13-33(22)11-19)12-18-8-20(27)5-4-17(18)14-35/h4-11,21,35H,12-15H2,1-3H3,(H,28,30,31)/t21-/m1/s1. The molecule has 5 rings (SSSR count). The van der Waals surface area contributed by atoms with Crippen LogP contribution in [0.5, 0.6) is 0 Å². The van der Waals surface area contributed by atoms with Gasteiger partial charge in [-0.25, -0.2) is 14.4 Å². The average Bonchev–Trinajstić information content (AvgIpc) is 3.49. The quantitative estimate of drug-likeness (QED) is 0.379. The number of aliphatic hydroxyl groups excluding tert-OH is 1. The lowest BCUT2D eigenvalue weighted by Gasteiger charge is -2.36. The van der Waals surface area contributed by atoms with Crippen molar-refractivity contribution in [2.24, 2.45) is 7.05 Å². The van der Waals surface area contributed by atoms with Crippen LogP contribution >= 0.6 is 0 Å². The summed E-state index contributed by atoms with van der Waals surface area (Å²) in [7, 11) is 3.40. The number of aromatic nitrogens is 5. The van der Waals surface area contributed by atoms with E-state index < -0.39 is 5.82 Å². The van der Waals surface area contributed by atoms with Crippen LogP contribution in [0.1, 0.15) is 27.2 Å². The van der Waals surface area contributed by atoms with Gasteiger partial charge in [-0.05, 0) is 41.8 Å². The molecule has 1 aromatic carbocycles. The molecule has 10 nitrogen and oxygen atoms in total. The lowest BCUT2D eigenvalue weighted by Crippen LogP contribution is -2.49. The van der Waals surface area contributed by atoms with Crippen molar-refractivity contribution >= 4 is 17.7 Å². The van der Waals surface area contributed by atoms with Gasteiger partial charge in [-0.15, -0.1) is 0 Å². The number of amides is 1. The van der Waals surface area contributed by atoms with E-state index in [0.717, 1.165) is 16.9 Å². The summed E-state index contributed by atoms with van der Waals surface area (Å²) in [5, 5.41) is 17.0. The number of carbonyl (C=O) groups is 1. The molecule has 0 fully saturated rings. The number of carbonyl (C=O) groups excluding carboxylic acids is 1. The number of rotatable bonds is 8. The van der Waals surface area contributed by atoms with Crippen LogP contribution in [0.2, 0.25) is 0 Å². The van der Waals surface area contributed by atoms with E-state index in [4.69, 9.17) is 9.72 Å². The Morgan fingerprint density at radius 3 is 2.81 bits per heavy atom. The second kappa shape index (κ2) is 10.1. The van der Waals surface area contributed by atoms with Gasteiger partial charge in [0.15, 0.2) is 0 Å². The molecule has 0 radical (unpaired) electrons. The summed E-state index contributed by atoms with van der Waals surface area (Å²) in [4.78, 5) is 24.4. The Hall–Kier alpha value is -4.09. The lowest BCUT2D eigenvalue weighted by atomic mass is 10.0. The highest BCUT2D eigenvalue weighted by atomic mass is 19.1. The molecule has 0 spiro atoms. The third-order valence-corrected chi connectivity index (χ3v) is 6.57. The third kappa shape index (κ3) is 4.83. The van der Waals surface area contributed by atoms with E-state index in [1.54, 1.807) is 35.2 Å². The van der Waals surface area contributed by atoms with Gasteiger partial charge in [-0.3, -0.25) is 9.48 Å². The van der Waals surface area contributed by atoms with Crippen molar-refractivity contribution in [1.29, 1.82) is 0 Å². The van der Waals surface area contributed by atoms with Crippen molar-refractivity contribution in [3.63, 3.8) is 0 Å².